The van der Waals surface area contributed by atoms with Crippen LogP contribution in [0, 0.1) is 11.3 Å². The first-order chi connectivity index (χ1) is 9.72. The summed E-state index contributed by atoms with van der Waals surface area (Å²) in [5.74, 6) is -0.326. The molecule has 20 heavy (non-hydrogen) atoms. The van der Waals surface area contributed by atoms with Crippen LogP contribution in [0.3, 0.4) is 0 Å². The van der Waals surface area contributed by atoms with Crippen LogP contribution in [0.4, 0.5) is 5.69 Å². The van der Waals surface area contributed by atoms with E-state index >= 15 is 0 Å². The summed E-state index contributed by atoms with van der Waals surface area (Å²) < 4.78 is 6.95. The van der Waals surface area contributed by atoms with Crippen LogP contribution >= 0.6 is 0 Å². The molecule has 0 fully saturated rings. The Bertz CT molecular complexity index is 725. The third-order valence-electron chi connectivity index (χ3n) is 3.27. The lowest BCUT2D eigenvalue weighted by Crippen LogP contribution is -2.14. The highest BCUT2D eigenvalue weighted by Crippen LogP contribution is 2.34. The standard InChI is InChI=1S/C15H13N3O2/c1-2-20-15(19)11-6-14-12-5-10(7-16)3-4-13(12)17-9-18(14)8-11/h3-6,8,17H,2,9H2,1H3. The van der Waals surface area contributed by atoms with Crippen LogP contribution in [-0.4, -0.2) is 17.1 Å². The first-order valence-electron chi connectivity index (χ1n) is 6.38. The van der Waals surface area contributed by atoms with E-state index in [2.05, 4.69) is 11.4 Å². The van der Waals surface area contributed by atoms with E-state index in [-0.39, 0.29) is 5.97 Å². The van der Waals surface area contributed by atoms with Crippen molar-refractivity contribution in [3.63, 3.8) is 0 Å². The zero-order valence-electron chi connectivity index (χ0n) is 11.0. The largest absolute Gasteiger partial charge is 0.462 e. The van der Waals surface area contributed by atoms with Crippen LogP contribution in [0.1, 0.15) is 22.8 Å². The number of rotatable bonds is 2. The zero-order valence-corrected chi connectivity index (χ0v) is 11.0. The van der Waals surface area contributed by atoms with Gasteiger partial charge in [-0.1, -0.05) is 0 Å². The summed E-state index contributed by atoms with van der Waals surface area (Å²) in [4.78, 5) is 11.8. The molecule has 0 saturated carbocycles. The van der Waals surface area contributed by atoms with Gasteiger partial charge in [-0.2, -0.15) is 5.26 Å². The lowest BCUT2D eigenvalue weighted by Gasteiger charge is -2.21. The van der Waals surface area contributed by atoms with Crippen molar-refractivity contribution < 1.29 is 9.53 Å². The minimum absolute atomic E-state index is 0.326. The molecule has 5 heteroatoms. The second-order valence-corrected chi connectivity index (χ2v) is 4.51. The van der Waals surface area contributed by atoms with E-state index in [1.807, 2.05) is 16.7 Å². The van der Waals surface area contributed by atoms with E-state index in [1.165, 1.54) is 0 Å². The van der Waals surface area contributed by atoms with Crippen LogP contribution < -0.4 is 5.32 Å². The van der Waals surface area contributed by atoms with Gasteiger partial charge in [-0.05, 0) is 31.2 Å². The van der Waals surface area contributed by atoms with Gasteiger partial charge in [0.1, 0.15) is 0 Å². The fourth-order valence-electron chi connectivity index (χ4n) is 2.34. The van der Waals surface area contributed by atoms with E-state index in [9.17, 15) is 4.79 Å². The maximum absolute atomic E-state index is 11.8. The minimum Gasteiger partial charge on any atom is -0.462 e. The van der Waals surface area contributed by atoms with Crippen LogP contribution in [0.25, 0.3) is 11.3 Å². The van der Waals surface area contributed by atoms with Gasteiger partial charge in [0.25, 0.3) is 0 Å². The van der Waals surface area contributed by atoms with Gasteiger partial charge in [-0.25, -0.2) is 4.79 Å². The predicted molar refractivity (Wildman–Crippen MR) is 74.2 cm³/mol. The molecule has 0 radical (unpaired) electrons. The average molecular weight is 267 g/mol. The van der Waals surface area contributed by atoms with Crippen LogP contribution in [0.5, 0.6) is 0 Å². The van der Waals surface area contributed by atoms with Crippen molar-refractivity contribution in [1.82, 2.24) is 4.57 Å². The fourth-order valence-corrected chi connectivity index (χ4v) is 2.34. The van der Waals surface area contributed by atoms with E-state index in [0.717, 1.165) is 16.9 Å². The lowest BCUT2D eigenvalue weighted by molar-refractivity contribution is 0.0526. The van der Waals surface area contributed by atoms with Gasteiger partial charge in [0.2, 0.25) is 0 Å². The van der Waals surface area contributed by atoms with E-state index in [4.69, 9.17) is 10.00 Å². The van der Waals surface area contributed by atoms with Crippen molar-refractivity contribution in [3.05, 3.63) is 41.6 Å². The Labute approximate surface area is 116 Å². The third-order valence-corrected chi connectivity index (χ3v) is 3.27. The summed E-state index contributed by atoms with van der Waals surface area (Å²) in [7, 11) is 0. The molecule has 1 aromatic heterocycles. The molecular formula is C15H13N3O2. The first kappa shape index (κ1) is 12.3. The molecule has 2 aromatic rings. The molecule has 0 bridgehead atoms. The summed E-state index contributed by atoms with van der Waals surface area (Å²) >= 11 is 0. The second-order valence-electron chi connectivity index (χ2n) is 4.51. The molecule has 2 heterocycles. The summed E-state index contributed by atoms with van der Waals surface area (Å²) in [5.41, 5.74) is 3.92. The van der Waals surface area contributed by atoms with E-state index < -0.39 is 0 Å². The van der Waals surface area contributed by atoms with E-state index in [0.29, 0.717) is 24.4 Å². The SMILES string of the molecule is CCOC(=O)c1cc2n(c1)CNc1ccc(C#N)cc1-2. The van der Waals surface area contributed by atoms with Gasteiger partial charge in [0.15, 0.2) is 0 Å². The highest BCUT2D eigenvalue weighted by molar-refractivity contribution is 5.92. The van der Waals surface area contributed by atoms with Gasteiger partial charge >= 0.3 is 5.97 Å². The normalized spacial score (nSPS) is 11.8. The quantitative estimate of drug-likeness (QED) is 0.849. The number of nitriles is 1. The molecule has 0 amide bonds. The highest BCUT2D eigenvalue weighted by Gasteiger charge is 2.20. The maximum Gasteiger partial charge on any atom is 0.339 e. The molecule has 0 aliphatic carbocycles. The molecule has 3 rings (SSSR count). The van der Waals surface area contributed by atoms with Crippen molar-refractivity contribution in [3.8, 4) is 17.3 Å². The first-order valence-corrected chi connectivity index (χ1v) is 6.38. The molecule has 1 aliphatic rings. The molecule has 0 unspecified atom stereocenters. The van der Waals surface area contributed by atoms with Gasteiger partial charge in [-0.15, -0.1) is 0 Å². The molecule has 1 aliphatic heterocycles. The number of hydrogen-bond acceptors (Lipinski definition) is 4. The third kappa shape index (κ3) is 1.91. The molecule has 1 aromatic carbocycles. The number of nitrogens with zero attached hydrogens (tertiary/aromatic N) is 2. The smallest absolute Gasteiger partial charge is 0.339 e. The Kier molecular flexibility index (Phi) is 2.92. The van der Waals surface area contributed by atoms with Gasteiger partial charge < -0.3 is 14.6 Å². The number of carbonyl (C=O) groups is 1. The molecule has 0 saturated heterocycles. The number of nitrogens with one attached hydrogen (secondary N) is 1. The van der Waals surface area contributed by atoms with E-state index in [1.54, 1.807) is 25.3 Å². The Morgan fingerprint density at radius 2 is 2.35 bits per heavy atom. The Hall–Kier alpha value is -2.74. The Morgan fingerprint density at radius 3 is 3.10 bits per heavy atom. The van der Waals surface area contributed by atoms with Crippen molar-refractivity contribution in [2.75, 3.05) is 11.9 Å². The maximum atomic E-state index is 11.8. The number of anilines is 1. The predicted octanol–water partition coefficient (Wildman–Crippen LogP) is 2.59. The molecule has 5 nitrogen and oxygen atoms in total. The minimum atomic E-state index is -0.326. The van der Waals surface area contributed by atoms with Crippen molar-refractivity contribution >= 4 is 11.7 Å². The number of ether oxygens (including phenoxy) is 1. The summed E-state index contributed by atoms with van der Waals surface area (Å²) in [6.07, 6.45) is 1.77. The monoisotopic (exact) mass is 267 g/mol. The summed E-state index contributed by atoms with van der Waals surface area (Å²) in [5, 5.41) is 12.3. The fraction of sp³-hybridized carbons (Fsp3) is 0.200. The number of carbonyl (C=O) groups excluding carboxylic acids is 1. The number of fused-ring (bicyclic) bond motifs is 3. The topological polar surface area (TPSA) is 67.0 Å². The van der Waals surface area contributed by atoms with Crippen molar-refractivity contribution in [1.29, 1.82) is 5.26 Å². The lowest BCUT2D eigenvalue weighted by atomic mass is 10.0. The molecule has 1 N–H and O–H groups in total. The number of hydrogen-bond donors (Lipinski definition) is 1. The average Bonchev–Trinajstić information content (AvgIpc) is 2.91. The van der Waals surface area contributed by atoms with Crippen molar-refractivity contribution in [2.45, 2.75) is 13.6 Å². The van der Waals surface area contributed by atoms with Gasteiger partial charge in [-0.3, -0.25) is 0 Å². The number of aromatic nitrogens is 1. The van der Waals surface area contributed by atoms with Crippen LogP contribution in [0.2, 0.25) is 0 Å². The molecular weight excluding hydrogens is 254 g/mol. The summed E-state index contributed by atoms with van der Waals surface area (Å²) in [6.45, 7) is 2.73. The number of esters is 1. The van der Waals surface area contributed by atoms with Crippen molar-refractivity contribution in [2.24, 2.45) is 0 Å². The number of benzene rings is 1. The zero-order chi connectivity index (χ0) is 14.1. The highest BCUT2D eigenvalue weighted by atomic mass is 16.5. The van der Waals surface area contributed by atoms with Gasteiger partial charge in [0.05, 0.1) is 36.2 Å². The Balaban J connectivity index is 2.07. The molecule has 100 valence electrons. The second kappa shape index (κ2) is 4.74. The molecule has 0 spiro atoms. The van der Waals surface area contributed by atoms with Gasteiger partial charge in [0, 0.05) is 17.4 Å². The van der Waals surface area contributed by atoms with Crippen LogP contribution in [-0.2, 0) is 11.4 Å². The van der Waals surface area contributed by atoms with Crippen LogP contribution in [0.15, 0.2) is 30.5 Å². The Morgan fingerprint density at radius 1 is 1.50 bits per heavy atom. The summed E-state index contributed by atoms with van der Waals surface area (Å²) in [6, 6.07) is 9.41. The molecule has 0 atom stereocenters.